The average molecular weight is 451 g/mol. The first kappa shape index (κ1) is 22.6. The topological polar surface area (TPSA) is 88.3 Å². The fraction of sp³-hybridized carbons (Fsp3) is 0.360. The third-order valence-electron chi connectivity index (χ3n) is 5.94. The van der Waals surface area contributed by atoms with Crippen molar-refractivity contribution in [2.75, 3.05) is 6.54 Å². The van der Waals surface area contributed by atoms with Gasteiger partial charge in [-0.2, -0.15) is 0 Å². The van der Waals surface area contributed by atoms with Gasteiger partial charge in [-0.3, -0.25) is 9.59 Å². The molecule has 0 bridgehead atoms. The summed E-state index contributed by atoms with van der Waals surface area (Å²) in [7, 11) is 0. The summed E-state index contributed by atoms with van der Waals surface area (Å²) < 4.78 is 19.3. The molecule has 1 N–H and O–H groups in total. The normalized spacial score (nSPS) is 19.0. The molecular weight excluding hydrogens is 423 g/mol. The first-order valence-electron chi connectivity index (χ1n) is 11.1. The summed E-state index contributed by atoms with van der Waals surface area (Å²) in [6, 6.07) is 16.4. The monoisotopic (exact) mass is 450 g/mol. The van der Waals surface area contributed by atoms with E-state index in [1.807, 2.05) is 42.5 Å². The maximum Gasteiger partial charge on any atom is 0.243 e. The van der Waals surface area contributed by atoms with Gasteiger partial charge in [-0.1, -0.05) is 68.4 Å². The molecule has 3 aromatic rings. The smallest absolute Gasteiger partial charge is 0.243 e. The minimum atomic E-state index is -1.27. The summed E-state index contributed by atoms with van der Waals surface area (Å²) in [6.45, 7) is 4.11. The van der Waals surface area contributed by atoms with E-state index in [9.17, 15) is 14.0 Å². The summed E-state index contributed by atoms with van der Waals surface area (Å²) in [4.78, 5) is 27.3. The van der Waals surface area contributed by atoms with Crippen LogP contribution in [0.1, 0.15) is 54.8 Å². The minimum Gasteiger partial charge on any atom is -0.427 e. The van der Waals surface area contributed by atoms with Crippen LogP contribution in [0.3, 0.4) is 0 Å². The SMILES string of the molecule is CC(C)c1ccc([C@@H](NC(=O)C2C[C@@H](F)CN2C(=O)Cc2nnco2)c2ccccc2)cc1. The number of nitrogens with zero attached hydrogens (tertiary/aromatic N) is 3. The summed E-state index contributed by atoms with van der Waals surface area (Å²) in [5.74, 6) is -0.288. The van der Waals surface area contributed by atoms with Crippen LogP contribution >= 0.6 is 0 Å². The van der Waals surface area contributed by atoms with Crippen molar-refractivity contribution in [3.63, 3.8) is 0 Å². The van der Waals surface area contributed by atoms with E-state index in [1.54, 1.807) is 0 Å². The van der Waals surface area contributed by atoms with Crippen LogP contribution in [0.2, 0.25) is 0 Å². The second-order valence-corrected chi connectivity index (χ2v) is 8.58. The number of rotatable bonds is 7. The number of likely N-dealkylation sites (tertiary alicyclic amines) is 1. The van der Waals surface area contributed by atoms with Gasteiger partial charge in [0.1, 0.15) is 18.6 Å². The number of carbonyl (C=O) groups is 2. The Labute approximate surface area is 192 Å². The molecule has 1 fully saturated rings. The van der Waals surface area contributed by atoms with E-state index < -0.39 is 30.1 Å². The molecule has 8 heteroatoms. The first-order valence-corrected chi connectivity index (χ1v) is 11.1. The highest BCUT2D eigenvalue weighted by atomic mass is 19.1. The molecule has 0 radical (unpaired) electrons. The molecule has 3 atom stereocenters. The summed E-state index contributed by atoms with van der Waals surface area (Å²) >= 11 is 0. The zero-order valence-corrected chi connectivity index (χ0v) is 18.6. The fourth-order valence-corrected chi connectivity index (χ4v) is 4.13. The van der Waals surface area contributed by atoms with Crippen molar-refractivity contribution in [1.82, 2.24) is 20.4 Å². The number of hydrogen-bond donors (Lipinski definition) is 1. The number of carbonyl (C=O) groups excluding carboxylic acids is 2. The number of halogens is 1. The fourth-order valence-electron chi connectivity index (χ4n) is 4.13. The highest BCUT2D eigenvalue weighted by molar-refractivity contribution is 5.89. The lowest BCUT2D eigenvalue weighted by molar-refractivity contribution is -0.138. The zero-order chi connectivity index (χ0) is 23.4. The number of benzene rings is 2. The Kier molecular flexibility index (Phi) is 6.82. The first-order chi connectivity index (χ1) is 15.9. The molecule has 1 saturated heterocycles. The molecule has 33 heavy (non-hydrogen) atoms. The van der Waals surface area contributed by atoms with E-state index in [-0.39, 0.29) is 25.3 Å². The quantitative estimate of drug-likeness (QED) is 0.594. The van der Waals surface area contributed by atoms with Crippen molar-refractivity contribution in [2.45, 2.75) is 50.9 Å². The minimum absolute atomic E-state index is 0.0464. The lowest BCUT2D eigenvalue weighted by atomic mass is 9.95. The summed E-state index contributed by atoms with van der Waals surface area (Å²) in [6.07, 6.45) is -0.360. The molecule has 1 aliphatic heterocycles. The van der Waals surface area contributed by atoms with E-state index in [1.165, 1.54) is 10.5 Å². The van der Waals surface area contributed by atoms with Gasteiger partial charge in [-0.25, -0.2) is 4.39 Å². The van der Waals surface area contributed by atoms with Gasteiger partial charge in [0.25, 0.3) is 0 Å². The van der Waals surface area contributed by atoms with Crippen molar-refractivity contribution in [3.8, 4) is 0 Å². The standard InChI is InChI=1S/C25H27FN4O3/c1-16(2)17-8-10-19(11-9-17)24(18-6-4-3-5-7-18)28-25(32)21-12-20(26)14-30(21)23(31)13-22-29-27-15-33-22/h3-11,15-16,20-21,24H,12-14H2,1-2H3,(H,28,32)/t20-,21?,24+/m1/s1. The number of hydrogen-bond acceptors (Lipinski definition) is 5. The Bertz CT molecular complexity index is 1070. The number of nitrogens with one attached hydrogen (secondary N) is 1. The highest BCUT2D eigenvalue weighted by Crippen LogP contribution is 2.27. The molecule has 172 valence electrons. The predicted molar refractivity (Wildman–Crippen MR) is 120 cm³/mol. The van der Waals surface area contributed by atoms with Crippen LogP contribution in [0.15, 0.2) is 65.4 Å². The molecular formula is C25H27FN4O3. The van der Waals surface area contributed by atoms with Gasteiger partial charge < -0.3 is 14.6 Å². The highest BCUT2D eigenvalue weighted by Gasteiger charge is 2.40. The Morgan fingerprint density at radius 2 is 1.76 bits per heavy atom. The van der Waals surface area contributed by atoms with Crippen LogP contribution in [-0.4, -0.2) is 45.7 Å². The maximum absolute atomic E-state index is 14.3. The molecule has 7 nitrogen and oxygen atoms in total. The van der Waals surface area contributed by atoms with Crippen LogP contribution < -0.4 is 5.32 Å². The second kappa shape index (κ2) is 9.94. The van der Waals surface area contributed by atoms with Crippen LogP contribution in [-0.2, 0) is 16.0 Å². The summed E-state index contributed by atoms with van der Waals surface area (Å²) in [5, 5.41) is 10.3. The molecule has 0 aliphatic carbocycles. The third-order valence-corrected chi connectivity index (χ3v) is 5.94. The van der Waals surface area contributed by atoms with Crippen molar-refractivity contribution in [2.24, 2.45) is 0 Å². The van der Waals surface area contributed by atoms with Gasteiger partial charge in [0.15, 0.2) is 0 Å². The second-order valence-electron chi connectivity index (χ2n) is 8.58. The van der Waals surface area contributed by atoms with Crippen molar-refractivity contribution >= 4 is 11.8 Å². The van der Waals surface area contributed by atoms with Crippen molar-refractivity contribution < 1.29 is 18.4 Å². The maximum atomic E-state index is 14.3. The molecule has 4 rings (SSSR count). The van der Waals surface area contributed by atoms with E-state index in [0.717, 1.165) is 17.5 Å². The Morgan fingerprint density at radius 3 is 2.39 bits per heavy atom. The van der Waals surface area contributed by atoms with Gasteiger partial charge in [-0.15, -0.1) is 10.2 Å². The Morgan fingerprint density at radius 1 is 1.09 bits per heavy atom. The zero-order valence-electron chi connectivity index (χ0n) is 18.6. The van der Waals surface area contributed by atoms with Crippen LogP contribution in [0, 0.1) is 0 Å². The Balaban J connectivity index is 1.56. The molecule has 0 saturated carbocycles. The number of amides is 2. The van der Waals surface area contributed by atoms with Gasteiger partial charge in [0.2, 0.25) is 24.1 Å². The molecule has 2 aromatic carbocycles. The number of alkyl halides is 1. The van der Waals surface area contributed by atoms with E-state index in [2.05, 4.69) is 41.5 Å². The summed E-state index contributed by atoms with van der Waals surface area (Å²) in [5.41, 5.74) is 3.02. The number of aromatic nitrogens is 2. The van der Waals surface area contributed by atoms with Gasteiger partial charge >= 0.3 is 0 Å². The van der Waals surface area contributed by atoms with Gasteiger partial charge in [0.05, 0.1) is 12.6 Å². The van der Waals surface area contributed by atoms with E-state index in [4.69, 9.17) is 4.42 Å². The third kappa shape index (κ3) is 5.27. The van der Waals surface area contributed by atoms with E-state index in [0.29, 0.717) is 5.92 Å². The molecule has 2 heterocycles. The largest absolute Gasteiger partial charge is 0.427 e. The lowest BCUT2D eigenvalue weighted by Crippen LogP contribution is -2.47. The van der Waals surface area contributed by atoms with Gasteiger partial charge in [-0.05, 0) is 22.6 Å². The Hall–Kier alpha value is -3.55. The van der Waals surface area contributed by atoms with E-state index >= 15 is 0 Å². The molecule has 1 aliphatic rings. The predicted octanol–water partition coefficient (Wildman–Crippen LogP) is 3.58. The molecule has 1 aromatic heterocycles. The van der Waals surface area contributed by atoms with Crippen LogP contribution in [0.5, 0.6) is 0 Å². The molecule has 2 amide bonds. The van der Waals surface area contributed by atoms with Crippen molar-refractivity contribution in [3.05, 3.63) is 83.6 Å². The molecule has 1 unspecified atom stereocenters. The van der Waals surface area contributed by atoms with Crippen molar-refractivity contribution in [1.29, 1.82) is 0 Å². The van der Waals surface area contributed by atoms with Gasteiger partial charge in [0, 0.05) is 6.42 Å². The van der Waals surface area contributed by atoms with Crippen LogP contribution in [0.25, 0.3) is 0 Å². The molecule has 0 spiro atoms. The average Bonchev–Trinajstić information content (AvgIpc) is 3.47. The lowest BCUT2D eigenvalue weighted by Gasteiger charge is -2.27. The van der Waals surface area contributed by atoms with Crippen LogP contribution in [0.4, 0.5) is 4.39 Å².